The predicted octanol–water partition coefficient (Wildman–Crippen LogP) is 3.96. The van der Waals surface area contributed by atoms with Gasteiger partial charge in [0.25, 0.3) is 0 Å². The Morgan fingerprint density at radius 1 is 1.19 bits per heavy atom. The number of aromatic nitrogens is 1. The second kappa shape index (κ2) is 7.10. The molecule has 0 atom stereocenters. The van der Waals surface area contributed by atoms with Crippen LogP contribution < -0.4 is 5.32 Å². The molecule has 116 valence electrons. The molecule has 0 radical (unpaired) electrons. The van der Waals surface area contributed by atoms with E-state index in [4.69, 9.17) is 4.74 Å². The topological polar surface area (TPSA) is 26.2 Å². The molecule has 0 amide bonds. The van der Waals surface area contributed by atoms with E-state index in [-0.39, 0.29) is 5.60 Å². The highest BCUT2D eigenvalue weighted by molar-refractivity contribution is 5.83. The Balaban J connectivity index is 2.12. The third-order valence-corrected chi connectivity index (χ3v) is 3.48. The summed E-state index contributed by atoms with van der Waals surface area (Å²) in [7, 11) is 0. The second-order valence-electron chi connectivity index (χ2n) is 6.50. The third kappa shape index (κ3) is 4.58. The van der Waals surface area contributed by atoms with Crippen LogP contribution in [-0.4, -0.2) is 23.3 Å². The van der Waals surface area contributed by atoms with Gasteiger partial charge >= 0.3 is 0 Å². The summed E-state index contributed by atoms with van der Waals surface area (Å²) in [6.07, 6.45) is 3.33. The quantitative estimate of drug-likeness (QED) is 0.781. The van der Waals surface area contributed by atoms with Crippen molar-refractivity contribution in [1.29, 1.82) is 0 Å². The lowest BCUT2D eigenvalue weighted by Crippen LogP contribution is -2.22. The summed E-state index contributed by atoms with van der Waals surface area (Å²) in [5.74, 6) is 0. The van der Waals surface area contributed by atoms with E-state index in [9.17, 15) is 0 Å². The van der Waals surface area contributed by atoms with Crippen molar-refractivity contribution in [3.05, 3.63) is 36.0 Å². The van der Waals surface area contributed by atoms with E-state index >= 15 is 0 Å². The molecule has 2 rings (SSSR count). The van der Waals surface area contributed by atoms with Gasteiger partial charge in [0.15, 0.2) is 0 Å². The molecule has 0 saturated heterocycles. The van der Waals surface area contributed by atoms with Crippen LogP contribution in [0.4, 0.5) is 0 Å². The van der Waals surface area contributed by atoms with Crippen molar-refractivity contribution in [1.82, 2.24) is 9.88 Å². The van der Waals surface area contributed by atoms with Crippen LogP contribution in [0.25, 0.3) is 10.9 Å². The van der Waals surface area contributed by atoms with Crippen LogP contribution in [0.1, 0.15) is 39.7 Å². The summed E-state index contributed by atoms with van der Waals surface area (Å²) in [6, 6.07) is 8.73. The number of hydrogen-bond acceptors (Lipinski definition) is 2. The van der Waals surface area contributed by atoms with Crippen LogP contribution in [0.15, 0.2) is 30.5 Å². The Hall–Kier alpha value is -1.32. The minimum Gasteiger partial charge on any atom is -0.374 e. The minimum atomic E-state index is -0.0749. The fraction of sp³-hybridized carbons (Fsp3) is 0.556. The number of benzene rings is 1. The molecular weight excluding hydrogens is 260 g/mol. The van der Waals surface area contributed by atoms with Crippen LogP contribution in [0.3, 0.4) is 0 Å². The minimum absolute atomic E-state index is 0.0749. The normalized spacial score (nSPS) is 12.2. The Labute approximate surface area is 128 Å². The number of para-hydroxylation sites is 1. The van der Waals surface area contributed by atoms with Gasteiger partial charge in [0.05, 0.1) is 17.7 Å². The first-order valence-electron chi connectivity index (χ1n) is 7.92. The summed E-state index contributed by atoms with van der Waals surface area (Å²) < 4.78 is 8.16. The Bertz CT molecular complexity index is 566. The number of nitrogens with one attached hydrogen (secondary N) is 1. The highest BCUT2D eigenvalue weighted by Gasteiger charge is 2.11. The van der Waals surface area contributed by atoms with Crippen molar-refractivity contribution in [3.8, 4) is 0 Å². The van der Waals surface area contributed by atoms with E-state index in [1.54, 1.807) is 0 Å². The van der Waals surface area contributed by atoms with E-state index < -0.39 is 0 Å². The average molecular weight is 288 g/mol. The number of hydrogen-bond donors (Lipinski definition) is 1. The zero-order chi connectivity index (χ0) is 15.3. The molecule has 2 aromatic rings. The summed E-state index contributed by atoms with van der Waals surface area (Å²) in [6.45, 7) is 12.1. The maximum Gasteiger partial charge on any atom is 0.0652 e. The lowest BCUT2D eigenvalue weighted by molar-refractivity contribution is -0.00645. The van der Waals surface area contributed by atoms with Crippen molar-refractivity contribution in [3.63, 3.8) is 0 Å². The summed E-state index contributed by atoms with van der Waals surface area (Å²) in [4.78, 5) is 0. The SMILES string of the molecule is CCCNCc1cccc2ccn(CCOC(C)(C)C)c12. The summed E-state index contributed by atoms with van der Waals surface area (Å²) in [5.41, 5.74) is 2.62. The van der Waals surface area contributed by atoms with Crippen molar-refractivity contribution >= 4 is 10.9 Å². The number of fused-ring (bicyclic) bond motifs is 1. The Morgan fingerprint density at radius 3 is 2.71 bits per heavy atom. The van der Waals surface area contributed by atoms with Gasteiger partial charge in [-0.05, 0) is 50.8 Å². The van der Waals surface area contributed by atoms with Crippen LogP contribution in [0.5, 0.6) is 0 Å². The number of nitrogens with zero attached hydrogens (tertiary/aromatic N) is 1. The van der Waals surface area contributed by atoms with E-state index in [1.165, 1.54) is 16.5 Å². The van der Waals surface area contributed by atoms with Gasteiger partial charge < -0.3 is 14.6 Å². The lowest BCUT2D eigenvalue weighted by Gasteiger charge is -2.20. The van der Waals surface area contributed by atoms with Crippen molar-refractivity contribution in [2.75, 3.05) is 13.2 Å². The molecule has 0 bridgehead atoms. The lowest BCUT2D eigenvalue weighted by atomic mass is 10.1. The maximum absolute atomic E-state index is 5.85. The number of ether oxygens (including phenoxy) is 1. The molecule has 0 unspecified atom stereocenters. The molecule has 3 nitrogen and oxygen atoms in total. The van der Waals surface area contributed by atoms with E-state index in [1.807, 2.05) is 0 Å². The Kier molecular flexibility index (Phi) is 5.43. The zero-order valence-corrected chi connectivity index (χ0v) is 13.8. The molecule has 3 heteroatoms. The first-order valence-corrected chi connectivity index (χ1v) is 7.92. The highest BCUT2D eigenvalue weighted by atomic mass is 16.5. The monoisotopic (exact) mass is 288 g/mol. The molecule has 1 aromatic heterocycles. The summed E-state index contributed by atoms with van der Waals surface area (Å²) >= 11 is 0. The van der Waals surface area contributed by atoms with Gasteiger partial charge in [0.1, 0.15) is 0 Å². The van der Waals surface area contributed by atoms with Crippen LogP contribution in [0, 0.1) is 0 Å². The molecule has 0 saturated carbocycles. The van der Waals surface area contributed by atoms with Gasteiger partial charge in [0, 0.05) is 19.3 Å². The van der Waals surface area contributed by atoms with Crippen molar-refractivity contribution in [2.24, 2.45) is 0 Å². The van der Waals surface area contributed by atoms with Crippen molar-refractivity contribution in [2.45, 2.75) is 52.8 Å². The second-order valence-corrected chi connectivity index (χ2v) is 6.50. The molecule has 1 heterocycles. The first kappa shape index (κ1) is 16.1. The average Bonchev–Trinajstić information content (AvgIpc) is 2.82. The fourth-order valence-corrected chi connectivity index (χ4v) is 2.52. The Morgan fingerprint density at radius 2 is 2.00 bits per heavy atom. The maximum atomic E-state index is 5.85. The van der Waals surface area contributed by atoms with Gasteiger partial charge in [-0.2, -0.15) is 0 Å². The van der Waals surface area contributed by atoms with Crippen LogP contribution in [-0.2, 0) is 17.8 Å². The van der Waals surface area contributed by atoms with Crippen LogP contribution >= 0.6 is 0 Å². The molecule has 0 spiro atoms. The molecular formula is C18H28N2O. The molecule has 0 aliphatic carbocycles. The number of rotatable bonds is 7. The molecule has 0 aliphatic heterocycles. The molecule has 21 heavy (non-hydrogen) atoms. The van der Waals surface area contributed by atoms with Gasteiger partial charge in [-0.3, -0.25) is 0 Å². The van der Waals surface area contributed by atoms with E-state index in [0.717, 1.165) is 32.7 Å². The fourth-order valence-electron chi connectivity index (χ4n) is 2.52. The third-order valence-electron chi connectivity index (χ3n) is 3.48. The van der Waals surface area contributed by atoms with Gasteiger partial charge in [0.2, 0.25) is 0 Å². The molecule has 0 aliphatic rings. The van der Waals surface area contributed by atoms with Gasteiger partial charge in [-0.25, -0.2) is 0 Å². The highest BCUT2D eigenvalue weighted by Crippen LogP contribution is 2.20. The molecule has 1 aromatic carbocycles. The first-order chi connectivity index (χ1) is 10.0. The smallest absolute Gasteiger partial charge is 0.0652 e. The standard InChI is InChI=1S/C18H28N2O/c1-5-10-19-14-16-8-6-7-15-9-11-20(17(15)16)12-13-21-18(2,3)4/h6-9,11,19H,5,10,12-14H2,1-4H3. The summed E-state index contributed by atoms with van der Waals surface area (Å²) in [5, 5.41) is 4.80. The van der Waals surface area contributed by atoms with Gasteiger partial charge in [-0.1, -0.05) is 25.1 Å². The molecule has 1 N–H and O–H groups in total. The van der Waals surface area contributed by atoms with E-state index in [2.05, 4.69) is 68.0 Å². The zero-order valence-electron chi connectivity index (χ0n) is 13.8. The van der Waals surface area contributed by atoms with Crippen molar-refractivity contribution < 1.29 is 4.74 Å². The molecule has 0 fully saturated rings. The van der Waals surface area contributed by atoms with Crippen LogP contribution in [0.2, 0.25) is 0 Å². The van der Waals surface area contributed by atoms with Gasteiger partial charge in [-0.15, -0.1) is 0 Å². The predicted molar refractivity (Wildman–Crippen MR) is 89.6 cm³/mol. The largest absolute Gasteiger partial charge is 0.374 e. The van der Waals surface area contributed by atoms with E-state index in [0.29, 0.717) is 0 Å².